The Kier molecular flexibility index (Phi) is 9.15. The largest absolute Gasteiger partial charge is 0.416 e. The van der Waals surface area contributed by atoms with E-state index < -0.39 is 29.6 Å². The van der Waals surface area contributed by atoms with Crippen molar-refractivity contribution >= 4 is 64.1 Å². The van der Waals surface area contributed by atoms with Crippen molar-refractivity contribution in [3.05, 3.63) is 68.4 Å². The molecule has 0 unspecified atom stereocenters. The van der Waals surface area contributed by atoms with E-state index >= 15 is 0 Å². The fourth-order valence-corrected chi connectivity index (χ4v) is 4.28. The third kappa shape index (κ3) is 7.28. The lowest BCUT2D eigenvalue weighted by Crippen LogP contribution is -2.32. The molecule has 3 rings (SSSR count). The third-order valence-corrected chi connectivity index (χ3v) is 6.53. The predicted molar refractivity (Wildman–Crippen MR) is 134 cm³/mol. The van der Waals surface area contributed by atoms with Gasteiger partial charge < -0.3 is 10.6 Å². The fraction of sp³-hybridized carbons (Fsp3) is 0.273. The molecule has 1 atom stereocenters. The minimum atomic E-state index is -4.57. The molecule has 1 heterocycles. The van der Waals surface area contributed by atoms with E-state index in [2.05, 4.69) is 25.8 Å². The summed E-state index contributed by atoms with van der Waals surface area (Å²) in [6.45, 7) is 3.74. The number of nitrogens with zero attached hydrogens (tertiary/aromatic N) is 2. The Balaban J connectivity index is 1.64. The summed E-state index contributed by atoms with van der Waals surface area (Å²) in [5, 5.41) is 12.8. The molecule has 0 fully saturated rings. The van der Waals surface area contributed by atoms with Gasteiger partial charge in [0.15, 0.2) is 0 Å². The van der Waals surface area contributed by atoms with E-state index in [1.54, 1.807) is 6.07 Å². The number of amides is 2. The van der Waals surface area contributed by atoms with E-state index in [0.29, 0.717) is 10.8 Å². The minimum Gasteiger partial charge on any atom is -0.342 e. The number of carbonyl (C=O) groups excluding carboxylic acids is 2. The minimum absolute atomic E-state index is 0.0298. The van der Waals surface area contributed by atoms with Crippen LogP contribution >= 0.6 is 46.6 Å². The van der Waals surface area contributed by atoms with Crippen LogP contribution in [0, 0.1) is 5.92 Å². The number of nitrogens with one attached hydrogen (secondary N) is 3. The van der Waals surface area contributed by atoms with Crippen LogP contribution in [0.4, 0.5) is 18.9 Å². The zero-order chi connectivity index (χ0) is 26.6. The van der Waals surface area contributed by atoms with Crippen molar-refractivity contribution in [2.24, 2.45) is 5.92 Å². The second-order valence-electron chi connectivity index (χ2n) is 7.85. The van der Waals surface area contributed by atoms with Crippen molar-refractivity contribution in [2.45, 2.75) is 31.2 Å². The van der Waals surface area contributed by atoms with Gasteiger partial charge in [0, 0.05) is 5.02 Å². The lowest BCUT2D eigenvalue weighted by Gasteiger charge is -2.20. The summed E-state index contributed by atoms with van der Waals surface area (Å²) >= 11 is 18.9. The van der Waals surface area contributed by atoms with Gasteiger partial charge in [0.2, 0.25) is 11.1 Å². The molecule has 0 bridgehead atoms. The van der Waals surface area contributed by atoms with Crippen molar-refractivity contribution in [2.75, 3.05) is 11.1 Å². The molecule has 2 amide bonds. The standard InChI is InChI=1S/C22H19Cl3F3N5O2S/c1-10(2)18(30-20(35)13-5-4-12(23)8-15(13)25)19-31-21(33-32-19)36-9-17(34)29-16-7-11(22(26,27)28)3-6-14(16)24/h3-8,10,18H,9H2,1-2H3,(H,29,34)(H,30,35)(H,31,32,33)/t18-/m0/s1. The maximum absolute atomic E-state index is 12.9. The normalized spacial score (nSPS) is 12.5. The Bertz CT molecular complexity index is 1270. The number of hydrogen-bond donors (Lipinski definition) is 3. The van der Waals surface area contributed by atoms with E-state index in [1.807, 2.05) is 13.8 Å². The van der Waals surface area contributed by atoms with Crippen LogP contribution in [0.5, 0.6) is 0 Å². The molecule has 2 aromatic carbocycles. The molecule has 0 aliphatic carbocycles. The molecular formula is C22H19Cl3F3N5O2S. The second-order valence-corrected chi connectivity index (χ2v) is 10.0. The highest BCUT2D eigenvalue weighted by Gasteiger charge is 2.31. The van der Waals surface area contributed by atoms with E-state index in [0.717, 1.165) is 30.0 Å². The third-order valence-electron chi connectivity index (χ3n) is 4.81. The topological polar surface area (TPSA) is 99.8 Å². The van der Waals surface area contributed by atoms with E-state index in [9.17, 15) is 22.8 Å². The van der Waals surface area contributed by atoms with Crippen molar-refractivity contribution in [1.29, 1.82) is 0 Å². The van der Waals surface area contributed by atoms with Crippen molar-refractivity contribution < 1.29 is 22.8 Å². The number of aromatic amines is 1. The Hall–Kier alpha value is -2.47. The molecule has 14 heteroatoms. The van der Waals surface area contributed by atoms with Gasteiger partial charge in [-0.25, -0.2) is 4.98 Å². The molecule has 0 saturated heterocycles. The Labute approximate surface area is 223 Å². The molecule has 7 nitrogen and oxygen atoms in total. The molecular weight excluding hydrogens is 562 g/mol. The number of aromatic nitrogens is 3. The number of carbonyl (C=O) groups is 2. The molecule has 0 radical (unpaired) electrons. The first-order chi connectivity index (χ1) is 16.8. The summed E-state index contributed by atoms with van der Waals surface area (Å²) in [6.07, 6.45) is -4.57. The molecule has 36 heavy (non-hydrogen) atoms. The van der Waals surface area contributed by atoms with Gasteiger partial charge in [-0.05, 0) is 42.3 Å². The second kappa shape index (κ2) is 11.7. The number of hydrogen-bond acceptors (Lipinski definition) is 5. The summed E-state index contributed by atoms with van der Waals surface area (Å²) in [4.78, 5) is 29.4. The van der Waals surface area contributed by atoms with Gasteiger partial charge in [-0.3, -0.25) is 14.7 Å². The van der Waals surface area contributed by atoms with Crippen molar-refractivity contribution in [1.82, 2.24) is 20.5 Å². The molecule has 0 spiro atoms. The van der Waals surface area contributed by atoms with Crippen LogP contribution in [0.1, 0.15) is 41.6 Å². The molecule has 192 valence electrons. The average Bonchev–Trinajstić information content (AvgIpc) is 3.25. The van der Waals surface area contributed by atoms with Crippen LogP contribution in [0.2, 0.25) is 15.1 Å². The summed E-state index contributed by atoms with van der Waals surface area (Å²) in [5.74, 6) is -0.954. The Morgan fingerprint density at radius 1 is 1.08 bits per heavy atom. The van der Waals surface area contributed by atoms with Crippen LogP contribution < -0.4 is 10.6 Å². The molecule has 0 aliphatic rings. The number of halogens is 6. The highest BCUT2D eigenvalue weighted by atomic mass is 35.5. The van der Waals surface area contributed by atoms with Crippen LogP contribution in [0.3, 0.4) is 0 Å². The zero-order valence-electron chi connectivity index (χ0n) is 18.7. The van der Waals surface area contributed by atoms with E-state index in [1.165, 1.54) is 12.1 Å². The van der Waals surface area contributed by atoms with Gasteiger partial charge in [-0.2, -0.15) is 13.2 Å². The van der Waals surface area contributed by atoms with Crippen LogP contribution in [0.15, 0.2) is 41.6 Å². The van der Waals surface area contributed by atoms with Gasteiger partial charge >= 0.3 is 6.18 Å². The lowest BCUT2D eigenvalue weighted by molar-refractivity contribution is -0.137. The van der Waals surface area contributed by atoms with E-state index in [-0.39, 0.29) is 38.1 Å². The van der Waals surface area contributed by atoms with Gasteiger partial charge in [-0.15, -0.1) is 5.10 Å². The Morgan fingerprint density at radius 2 is 1.81 bits per heavy atom. The first-order valence-corrected chi connectivity index (χ1v) is 12.4. The van der Waals surface area contributed by atoms with Crippen LogP contribution in [-0.4, -0.2) is 32.7 Å². The van der Waals surface area contributed by atoms with Crippen LogP contribution in [0.25, 0.3) is 0 Å². The smallest absolute Gasteiger partial charge is 0.342 e. The molecule has 1 aromatic heterocycles. The van der Waals surface area contributed by atoms with Crippen molar-refractivity contribution in [3.8, 4) is 0 Å². The van der Waals surface area contributed by atoms with Crippen molar-refractivity contribution in [3.63, 3.8) is 0 Å². The number of rotatable bonds is 8. The Morgan fingerprint density at radius 3 is 2.44 bits per heavy atom. The summed E-state index contributed by atoms with van der Waals surface area (Å²) in [5.41, 5.74) is -0.850. The highest BCUT2D eigenvalue weighted by molar-refractivity contribution is 7.99. The molecule has 3 aromatic rings. The number of thioether (sulfide) groups is 1. The summed E-state index contributed by atoms with van der Waals surface area (Å²) < 4.78 is 38.8. The van der Waals surface area contributed by atoms with E-state index in [4.69, 9.17) is 34.8 Å². The number of benzene rings is 2. The maximum Gasteiger partial charge on any atom is 0.416 e. The van der Waals surface area contributed by atoms with Gasteiger partial charge in [0.05, 0.1) is 38.7 Å². The number of alkyl halides is 3. The predicted octanol–water partition coefficient (Wildman–Crippen LogP) is 6.64. The van der Waals surface area contributed by atoms with Gasteiger partial charge in [0.1, 0.15) is 5.82 Å². The first kappa shape index (κ1) is 28.1. The monoisotopic (exact) mass is 579 g/mol. The summed E-state index contributed by atoms with van der Waals surface area (Å²) in [7, 11) is 0. The summed E-state index contributed by atoms with van der Waals surface area (Å²) in [6, 6.07) is 6.62. The quantitative estimate of drug-likeness (QED) is 0.259. The average molecular weight is 581 g/mol. The lowest BCUT2D eigenvalue weighted by atomic mass is 10.0. The zero-order valence-corrected chi connectivity index (χ0v) is 21.8. The number of H-pyrrole nitrogens is 1. The first-order valence-electron chi connectivity index (χ1n) is 10.3. The van der Waals surface area contributed by atoms with Gasteiger partial charge in [0.25, 0.3) is 5.91 Å². The SMILES string of the molecule is CC(C)[C@H](NC(=O)c1ccc(Cl)cc1Cl)c1nc(SCC(=O)Nc2cc(C(F)(F)F)ccc2Cl)n[nH]1. The number of anilines is 1. The highest BCUT2D eigenvalue weighted by Crippen LogP contribution is 2.34. The fourth-order valence-electron chi connectivity index (χ4n) is 3.02. The van der Waals surface area contributed by atoms with Gasteiger partial charge in [-0.1, -0.05) is 60.4 Å². The molecule has 0 aliphatic heterocycles. The van der Waals surface area contributed by atoms with Crippen LogP contribution in [-0.2, 0) is 11.0 Å². The molecule has 0 saturated carbocycles. The molecule has 3 N–H and O–H groups in total. The maximum atomic E-state index is 12.9.